The molecule has 0 aromatic rings. The van der Waals surface area contributed by atoms with E-state index < -0.39 is 0 Å². The van der Waals surface area contributed by atoms with Crippen molar-refractivity contribution in [3.8, 4) is 0 Å². The molecule has 1 heterocycles. The van der Waals surface area contributed by atoms with Gasteiger partial charge in [0.1, 0.15) is 0 Å². The lowest BCUT2D eigenvalue weighted by molar-refractivity contribution is -0.178. The highest BCUT2D eigenvalue weighted by Crippen LogP contribution is 2.26. The van der Waals surface area contributed by atoms with Gasteiger partial charge in [-0.05, 0) is 17.6 Å². The van der Waals surface area contributed by atoms with E-state index in [2.05, 4.69) is 13.8 Å². The molecule has 1 aliphatic rings. The molecule has 0 amide bonds. The normalized spacial score (nSPS) is 29.6. The number of hydrogen-bond acceptors (Lipinski definition) is 3. The lowest BCUT2D eigenvalue weighted by Crippen LogP contribution is -2.18. The quantitative estimate of drug-likeness (QED) is 0.604. The van der Waals surface area contributed by atoms with Crippen molar-refractivity contribution >= 4 is 0 Å². The van der Waals surface area contributed by atoms with E-state index in [0.717, 1.165) is 5.57 Å². The lowest BCUT2D eigenvalue weighted by atomic mass is 10.0. The van der Waals surface area contributed by atoms with Crippen LogP contribution in [0, 0.1) is 5.92 Å². The highest BCUT2D eigenvalue weighted by Gasteiger charge is 2.28. The van der Waals surface area contributed by atoms with E-state index >= 15 is 0 Å². The Morgan fingerprint density at radius 1 is 1.33 bits per heavy atom. The number of rotatable bonds is 3. The Bertz CT molecular complexity index is 175. The van der Waals surface area contributed by atoms with Crippen LogP contribution in [0.1, 0.15) is 13.8 Å². The Kier molecular flexibility index (Phi) is 3.26. The van der Waals surface area contributed by atoms with Gasteiger partial charge in [0.15, 0.2) is 12.6 Å². The summed E-state index contributed by atoms with van der Waals surface area (Å²) in [5.41, 5.74) is 1.16. The first kappa shape index (κ1) is 9.71. The van der Waals surface area contributed by atoms with Crippen molar-refractivity contribution in [2.24, 2.45) is 5.92 Å². The third-order valence-corrected chi connectivity index (χ3v) is 1.97. The highest BCUT2D eigenvalue weighted by atomic mass is 16.8. The van der Waals surface area contributed by atoms with Gasteiger partial charge in [-0.25, -0.2) is 0 Å². The number of methoxy groups -OCH3 is 2. The average Bonchev–Trinajstić information content (AvgIpc) is 2.47. The summed E-state index contributed by atoms with van der Waals surface area (Å²) in [6.07, 6.45) is 1.50. The second kappa shape index (κ2) is 4.03. The molecule has 12 heavy (non-hydrogen) atoms. The van der Waals surface area contributed by atoms with Crippen LogP contribution >= 0.6 is 0 Å². The van der Waals surface area contributed by atoms with Crippen molar-refractivity contribution in [3.63, 3.8) is 0 Å². The third kappa shape index (κ3) is 1.86. The Labute approximate surface area is 73.3 Å². The molecule has 0 aromatic heterocycles. The van der Waals surface area contributed by atoms with Crippen LogP contribution in [0.15, 0.2) is 11.6 Å². The fourth-order valence-corrected chi connectivity index (χ4v) is 1.26. The second-order valence-electron chi connectivity index (χ2n) is 3.13. The largest absolute Gasteiger partial charge is 0.352 e. The van der Waals surface area contributed by atoms with Crippen LogP contribution in [0.4, 0.5) is 0 Å². The number of ether oxygens (including phenoxy) is 3. The van der Waals surface area contributed by atoms with E-state index in [-0.39, 0.29) is 12.6 Å². The first-order chi connectivity index (χ1) is 5.69. The van der Waals surface area contributed by atoms with Crippen LogP contribution < -0.4 is 0 Å². The zero-order valence-electron chi connectivity index (χ0n) is 8.03. The summed E-state index contributed by atoms with van der Waals surface area (Å²) in [7, 11) is 3.26. The maximum Gasteiger partial charge on any atom is 0.183 e. The summed E-state index contributed by atoms with van der Waals surface area (Å²) in [5.74, 6) is 0.440. The molecule has 3 nitrogen and oxygen atoms in total. The third-order valence-electron chi connectivity index (χ3n) is 1.97. The molecule has 2 atom stereocenters. The minimum atomic E-state index is -0.243. The van der Waals surface area contributed by atoms with E-state index in [1.165, 1.54) is 0 Å². The van der Waals surface area contributed by atoms with E-state index in [0.29, 0.717) is 5.92 Å². The summed E-state index contributed by atoms with van der Waals surface area (Å²) >= 11 is 0. The maximum atomic E-state index is 5.40. The molecule has 0 saturated carbocycles. The molecule has 0 fully saturated rings. The van der Waals surface area contributed by atoms with Gasteiger partial charge in [-0.15, -0.1) is 0 Å². The molecule has 2 unspecified atom stereocenters. The summed E-state index contributed by atoms with van der Waals surface area (Å²) in [6.45, 7) is 4.22. The summed E-state index contributed by atoms with van der Waals surface area (Å²) in [6, 6.07) is 0. The Morgan fingerprint density at radius 3 is 2.33 bits per heavy atom. The Hall–Kier alpha value is -0.380. The van der Waals surface area contributed by atoms with Crippen molar-refractivity contribution in [2.75, 3.05) is 14.2 Å². The van der Waals surface area contributed by atoms with Gasteiger partial charge in [0.05, 0.1) is 0 Å². The van der Waals surface area contributed by atoms with Crippen LogP contribution in [0.25, 0.3) is 0 Å². The molecule has 0 N–H and O–H groups in total. The Balaban J connectivity index is 2.65. The number of hydrogen-bond donors (Lipinski definition) is 0. The monoisotopic (exact) mass is 172 g/mol. The molecule has 70 valence electrons. The van der Waals surface area contributed by atoms with Gasteiger partial charge >= 0.3 is 0 Å². The molecule has 1 aliphatic heterocycles. The second-order valence-corrected chi connectivity index (χ2v) is 3.13. The average molecular weight is 172 g/mol. The Morgan fingerprint density at radius 2 is 2.00 bits per heavy atom. The predicted octanol–water partition coefficient (Wildman–Crippen LogP) is 1.54. The highest BCUT2D eigenvalue weighted by molar-refractivity contribution is 5.14. The minimum Gasteiger partial charge on any atom is -0.352 e. The van der Waals surface area contributed by atoms with Gasteiger partial charge in [0, 0.05) is 14.2 Å². The fourth-order valence-electron chi connectivity index (χ4n) is 1.26. The van der Waals surface area contributed by atoms with E-state index in [1.54, 1.807) is 14.2 Å². The van der Waals surface area contributed by atoms with E-state index in [4.69, 9.17) is 14.2 Å². The van der Waals surface area contributed by atoms with Gasteiger partial charge < -0.3 is 14.2 Å². The fraction of sp³-hybridized carbons (Fsp3) is 0.778. The van der Waals surface area contributed by atoms with E-state index in [1.807, 2.05) is 6.08 Å². The summed E-state index contributed by atoms with van der Waals surface area (Å²) < 4.78 is 15.6. The molecular weight excluding hydrogens is 156 g/mol. The molecule has 0 saturated heterocycles. The van der Waals surface area contributed by atoms with Gasteiger partial charge in [-0.3, -0.25) is 0 Å². The van der Waals surface area contributed by atoms with Crippen LogP contribution in [-0.2, 0) is 14.2 Å². The van der Waals surface area contributed by atoms with Gasteiger partial charge in [-0.1, -0.05) is 13.8 Å². The van der Waals surface area contributed by atoms with Gasteiger partial charge in [0.2, 0.25) is 0 Å². The molecule has 0 aliphatic carbocycles. The molecule has 0 spiro atoms. The smallest absolute Gasteiger partial charge is 0.183 e. The molecule has 0 radical (unpaired) electrons. The summed E-state index contributed by atoms with van der Waals surface area (Å²) in [5, 5.41) is 0. The van der Waals surface area contributed by atoms with Gasteiger partial charge in [0.25, 0.3) is 0 Å². The molecule has 3 heteroatoms. The minimum absolute atomic E-state index is 0.227. The standard InChI is InChI=1S/C9H16O3/c1-6(2)7-5-8(10-3)12-9(7)11-4/h5-6,8-9H,1-4H3. The first-order valence-corrected chi connectivity index (χ1v) is 4.11. The van der Waals surface area contributed by atoms with Crippen molar-refractivity contribution in [1.82, 2.24) is 0 Å². The molecular formula is C9H16O3. The SMILES string of the molecule is COC1C=C(C(C)C)C(OC)O1. The maximum absolute atomic E-state index is 5.40. The zero-order valence-corrected chi connectivity index (χ0v) is 8.03. The van der Waals surface area contributed by atoms with Crippen molar-refractivity contribution in [3.05, 3.63) is 11.6 Å². The predicted molar refractivity (Wildman–Crippen MR) is 45.6 cm³/mol. The van der Waals surface area contributed by atoms with Crippen LogP contribution in [-0.4, -0.2) is 26.8 Å². The van der Waals surface area contributed by atoms with Crippen LogP contribution in [0.3, 0.4) is 0 Å². The van der Waals surface area contributed by atoms with Crippen molar-refractivity contribution in [2.45, 2.75) is 26.4 Å². The van der Waals surface area contributed by atoms with E-state index in [9.17, 15) is 0 Å². The van der Waals surface area contributed by atoms with Crippen LogP contribution in [0.5, 0.6) is 0 Å². The van der Waals surface area contributed by atoms with Crippen LogP contribution in [0.2, 0.25) is 0 Å². The lowest BCUT2D eigenvalue weighted by Gasteiger charge is -2.15. The van der Waals surface area contributed by atoms with Crippen molar-refractivity contribution < 1.29 is 14.2 Å². The van der Waals surface area contributed by atoms with Gasteiger partial charge in [-0.2, -0.15) is 0 Å². The molecule has 1 rings (SSSR count). The molecule has 0 bridgehead atoms. The molecule has 0 aromatic carbocycles. The zero-order chi connectivity index (χ0) is 9.14. The topological polar surface area (TPSA) is 27.7 Å². The van der Waals surface area contributed by atoms with Crippen molar-refractivity contribution in [1.29, 1.82) is 0 Å². The summed E-state index contributed by atoms with van der Waals surface area (Å²) in [4.78, 5) is 0. The first-order valence-electron chi connectivity index (χ1n) is 4.11.